The van der Waals surface area contributed by atoms with Crippen LogP contribution in [-0.2, 0) is 5.41 Å². The lowest BCUT2D eigenvalue weighted by atomic mass is 9.71. The van der Waals surface area contributed by atoms with E-state index >= 15 is 0 Å². The van der Waals surface area contributed by atoms with Crippen LogP contribution in [0.25, 0.3) is 0 Å². The first kappa shape index (κ1) is 18.1. The highest BCUT2D eigenvalue weighted by molar-refractivity contribution is 5.56. The number of methoxy groups -OCH3 is 2. The summed E-state index contributed by atoms with van der Waals surface area (Å²) in [5.74, 6) is 1.48. The molecule has 0 unspecified atom stereocenters. The zero-order valence-corrected chi connectivity index (χ0v) is 15.7. The minimum absolute atomic E-state index is 0.00104. The van der Waals surface area contributed by atoms with Crippen molar-refractivity contribution in [1.82, 2.24) is 5.32 Å². The molecule has 27 heavy (non-hydrogen) atoms. The molecule has 0 radical (unpaired) electrons. The summed E-state index contributed by atoms with van der Waals surface area (Å²) in [5, 5.41) is 23.8. The summed E-state index contributed by atoms with van der Waals surface area (Å²) in [6, 6.07) is 11.2. The highest BCUT2D eigenvalue weighted by atomic mass is 16.8. The van der Waals surface area contributed by atoms with Gasteiger partial charge >= 0.3 is 0 Å². The minimum atomic E-state index is -0.118. The highest BCUT2D eigenvalue weighted by Crippen LogP contribution is 2.50. The molecule has 1 aliphatic carbocycles. The molecule has 0 aromatic heterocycles. The third kappa shape index (κ3) is 3.04. The molecular weight excluding hydrogens is 344 g/mol. The Labute approximate surface area is 159 Å². The molecule has 0 bridgehead atoms. The summed E-state index contributed by atoms with van der Waals surface area (Å²) in [6.07, 6.45) is 4.82. The predicted octanol–water partition coefficient (Wildman–Crippen LogP) is 3.90. The number of benzene rings is 2. The Morgan fingerprint density at radius 3 is 2.30 bits per heavy atom. The van der Waals surface area contributed by atoms with Crippen molar-refractivity contribution in [3.05, 3.63) is 58.3 Å². The first-order chi connectivity index (χ1) is 13.1. The predicted molar refractivity (Wildman–Crippen MR) is 104 cm³/mol. The first-order valence-electron chi connectivity index (χ1n) is 9.34. The van der Waals surface area contributed by atoms with Crippen molar-refractivity contribution in [1.29, 1.82) is 0 Å². The average molecular weight is 369 g/mol. The van der Waals surface area contributed by atoms with Crippen molar-refractivity contribution in [2.24, 2.45) is 0 Å². The lowest BCUT2D eigenvalue weighted by Crippen LogP contribution is -2.44. The largest absolute Gasteiger partial charge is 0.733 e. The van der Waals surface area contributed by atoms with Crippen LogP contribution in [0.5, 0.6) is 11.5 Å². The Kier molecular flexibility index (Phi) is 4.72. The molecule has 0 saturated heterocycles. The Morgan fingerprint density at radius 2 is 1.70 bits per heavy atom. The normalized spacial score (nSPS) is 20.4. The quantitative estimate of drug-likeness (QED) is 0.796. The summed E-state index contributed by atoms with van der Waals surface area (Å²) in [7, 11) is 3.33. The molecular formula is C21H25N2O4-. The number of hydrogen-bond donors (Lipinski definition) is 2. The number of anilines is 1. The molecule has 1 heterocycles. The molecule has 1 aliphatic heterocycles. The van der Waals surface area contributed by atoms with Crippen molar-refractivity contribution < 1.29 is 14.7 Å². The molecule has 1 atom stereocenters. The van der Waals surface area contributed by atoms with Crippen molar-refractivity contribution in [3.8, 4) is 11.5 Å². The number of rotatable bonds is 4. The Bertz CT molecular complexity index is 814. The van der Waals surface area contributed by atoms with E-state index in [4.69, 9.17) is 14.7 Å². The van der Waals surface area contributed by atoms with E-state index in [9.17, 15) is 5.21 Å². The van der Waals surface area contributed by atoms with Crippen molar-refractivity contribution >= 4 is 5.69 Å². The number of nitrogens with zero attached hydrogens (tertiary/aromatic N) is 1. The van der Waals surface area contributed by atoms with E-state index < -0.39 is 0 Å². The van der Waals surface area contributed by atoms with Gasteiger partial charge in [0.25, 0.3) is 0 Å². The summed E-state index contributed by atoms with van der Waals surface area (Å²) in [4.78, 5) is 0. The second-order valence-electron chi connectivity index (χ2n) is 7.46. The molecule has 0 amide bonds. The van der Waals surface area contributed by atoms with Crippen LogP contribution in [-0.4, -0.2) is 26.0 Å². The fraction of sp³-hybridized carbons (Fsp3) is 0.429. The first-order valence-corrected chi connectivity index (χ1v) is 9.34. The van der Waals surface area contributed by atoms with Crippen LogP contribution in [0.3, 0.4) is 0 Å². The molecule has 4 rings (SSSR count). The van der Waals surface area contributed by atoms with Gasteiger partial charge in [0, 0.05) is 12.0 Å². The van der Waals surface area contributed by atoms with E-state index in [2.05, 4.69) is 17.4 Å². The number of nitrogens with one attached hydrogen (secondary N) is 1. The Morgan fingerprint density at radius 1 is 1.07 bits per heavy atom. The van der Waals surface area contributed by atoms with Gasteiger partial charge in [0.05, 0.1) is 25.9 Å². The number of ether oxygens (including phenoxy) is 2. The SMILES string of the molecule is COc1cc2c(cc1OC)C1(CCCC1)CN[C@H]2c1ccc(N([O-])O)cc1. The topological polar surface area (TPSA) is 77.0 Å². The maximum absolute atomic E-state index is 11.1. The summed E-state index contributed by atoms with van der Waals surface area (Å²) >= 11 is 0. The van der Waals surface area contributed by atoms with Crippen LogP contribution in [0.2, 0.25) is 0 Å². The maximum atomic E-state index is 11.1. The molecule has 6 heteroatoms. The average Bonchev–Trinajstić information content (AvgIpc) is 3.17. The molecule has 2 N–H and O–H groups in total. The van der Waals surface area contributed by atoms with Gasteiger partial charge in [0.1, 0.15) is 0 Å². The standard InChI is InChI=1S/C21H25N2O4/c1-26-18-11-16-17(12-19(18)27-2)21(9-3-4-10-21)13-22-20(16)14-5-7-15(8-6-14)23(24)25/h5-8,11-12,20,22,24H,3-4,9-10,13H2,1-2H3/q-1/t20-/m0/s1. The van der Waals surface area contributed by atoms with Gasteiger partial charge in [0.2, 0.25) is 0 Å². The van der Waals surface area contributed by atoms with E-state index in [1.54, 1.807) is 26.4 Å². The van der Waals surface area contributed by atoms with Crippen molar-refractivity contribution in [2.75, 3.05) is 26.0 Å². The zero-order chi connectivity index (χ0) is 19.0. The summed E-state index contributed by atoms with van der Waals surface area (Å²) in [6.45, 7) is 0.912. The zero-order valence-electron chi connectivity index (χ0n) is 15.7. The van der Waals surface area contributed by atoms with Gasteiger partial charge in [-0.25, -0.2) is 0 Å². The van der Waals surface area contributed by atoms with E-state index in [1.165, 1.54) is 36.8 Å². The Balaban J connectivity index is 1.82. The monoisotopic (exact) mass is 369 g/mol. The molecule has 2 aliphatic rings. The third-order valence-corrected chi connectivity index (χ3v) is 6.09. The summed E-state index contributed by atoms with van der Waals surface area (Å²) < 4.78 is 11.1. The van der Waals surface area contributed by atoms with Gasteiger partial charge in [-0.1, -0.05) is 25.0 Å². The minimum Gasteiger partial charge on any atom is -0.733 e. The van der Waals surface area contributed by atoms with Gasteiger partial charge < -0.3 is 25.2 Å². The fourth-order valence-corrected chi connectivity index (χ4v) is 4.69. The van der Waals surface area contributed by atoms with E-state index in [0.29, 0.717) is 0 Å². The van der Waals surface area contributed by atoms with Crippen LogP contribution in [0, 0.1) is 5.21 Å². The molecule has 2 aromatic rings. The smallest absolute Gasteiger partial charge is 0.161 e. The maximum Gasteiger partial charge on any atom is 0.161 e. The summed E-state index contributed by atoms with van der Waals surface area (Å²) in [5.41, 5.74) is 3.92. The van der Waals surface area contributed by atoms with Crippen molar-refractivity contribution in [2.45, 2.75) is 37.1 Å². The van der Waals surface area contributed by atoms with Gasteiger partial charge in [0.15, 0.2) is 11.5 Å². The second kappa shape index (κ2) is 7.03. The van der Waals surface area contributed by atoms with E-state index in [1.807, 2.05) is 12.1 Å². The van der Waals surface area contributed by atoms with E-state index in [0.717, 1.165) is 23.6 Å². The second-order valence-corrected chi connectivity index (χ2v) is 7.46. The third-order valence-electron chi connectivity index (χ3n) is 6.09. The highest BCUT2D eigenvalue weighted by Gasteiger charge is 2.42. The van der Waals surface area contributed by atoms with Gasteiger partial charge in [-0.15, -0.1) is 0 Å². The van der Waals surface area contributed by atoms with Crippen LogP contribution in [0.15, 0.2) is 36.4 Å². The van der Waals surface area contributed by atoms with Crippen LogP contribution >= 0.6 is 0 Å². The van der Waals surface area contributed by atoms with Crippen LogP contribution in [0.4, 0.5) is 5.69 Å². The number of fused-ring (bicyclic) bond motifs is 2. The molecule has 6 nitrogen and oxygen atoms in total. The van der Waals surface area contributed by atoms with Gasteiger partial charge in [-0.3, -0.25) is 5.21 Å². The number of hydrogen-bond acceptors (Lipinski definition) is 6. The van der Waals surface area contributed by atoms with Crippen LogP contribution < -0.4 is 20.0 Å². The van der Waals surface area contributed by atoms with Gasteiger partial charge in [-0.2, -0.15) is 0 Å². The van der Waals surface area contributed by atoms with Crippen molar-refractivity contribution in [3.63, 3.8) is 0 Å². The molecule has 144 valence electrons. The lowest BCUT2D eigenvalue weighted by molar-refractivity contribution is 0.296. The molecule has 1 saturated carbocycles. The molecule has 2 aromatic carbocycles. The van der Waals surface area contributed by atoms with E-state index in [-0.39, 0.29) is 22.4 Å². The Hall–Kier alpha value is -2.28. The fourth-order valence-electron chi connectivity index (χ4n) is 4.69. The van der Waals surface area contributed by atoms with Crippen LogP contribution in [0.1, 0.15) is 48.4 Å². The molecule has 1 fully saturated rings. The lowest BCUT2D eigenvalue weighted by Gasteiger charge is -2.41. The molecule has 1 spiro atoms. The van der Waals surface area contributed by atoms with Gasteiger partial charge in [-0.05, 0) is 53.8 Å².